The van der Waals surface area contributed by atoms with Crippen molar-refractivity contribution < 1.29 is 5.11 Å². The van der Waals surface area contributed by atoms with Crippen molar-refractivity contribution in [1.82, 2.24) is 4.98 Å². The highest BCUT2D eigenvalue weighted by atomic mass is 35.5. The Bertz CT molecular complexity index is 548. The molecule has 19 heavy (non-hydrogen) atoms. The topological polar surface area (TPSA) is 59.1 Å². The van der Waals surface area contributed by atoms with Crippen LogP contribution >= 0.6 is 23.2 Å². The van der Waals surface area contributed by atoms with Crippen molar-refractivity contribution in [1.29, 1.82) is 0 Å². The lowest BCUT2D eigenvalue weighted by molar-refractivity contribution is 0.147. The number of pyridine rings is 1. The van der Waals surface area contributed by atoms with E-state index in [1.165, 1.54) is 0 Å². The van der Waals surface area contributed by atoms with Crippen molar-refractivity contribution in [2.24, 2.45) is 5.73 Å². The molecule has 1 aromatic heterocycles. The third-order valence-electron chi connectivity index (χ3n) is 3.05. The summed E-state index contributed by atoms with van der Waals surface area (Å²) in [4.78, 5) is 3.96. The van der Waals surface area contributed by atoms with Gasteiger partial charge in [0.2, 0.25) is 0 Å². The van der Waals surface area contributed by atoms with Crippen LogP contribution in [0.5, 0.6) is 0 Å². The highest BCUT2D eigenvalue weighted by molar-refractivity contribution is 6.35. The molecule has 0 spiro atoms. The van der Waals surface area contributed by atoms with Gasteiger partial charge >= 0.3 is 0 Å². The summed E-state index contributed by atoms with van der Waals surface area (Å²) in [5.74, 6) is -0.235. The Balaban J connectivity index is 2.33. The minimum absolute atomic E-state index is 0.235. The standard InChI is InChI=1S/C14H14Cl2N2O/c15-10-1-2-11(13(16)7-10)14(19)12(8-17)9-3-5-18-6-4-9/h1-7,12,14,19H,8,17H2. The van der Waals surface area contributed by atoms with Crippen LogP contribution in [0.15, 0.2) is 42.7 Å². The minimum Gasteiger partial charge on any atom is -0.388 e. The second kappa shape index (κ2) is 6.35. The number of aliphatic hydroxyl groups excluding tert-OH is 1. The van der Waals surface area contributed by atoms with Crippen molar-refractivity contribution in [2.45, 2.75) is 12.0 Å². The molecule has 100 valence electrons. The van der Waals surface area contributed by atoms with E-state index in [1.807, 2.05) is 12.1 Å². The monoisotopic (exact) mass is 296 g/mol. The first-order valence-electron chi connectivity index (χ1n) is 5.86. The second-order valence-corrected chi connectivity index (χ2v) is 5.08. The zero-order valence-corrected chi connectivity index (χ0v) is 11.6. The summed E-state index contributed by atoms with van der Waals surface area (Å²) >= 11 is 12.0. The van der Waals surface area contributed by atoms with Crippen molar-refractivity contribution in [3.63, 3.8) is 0 Å². The number of halogens is 2. The van der Waals surface area contributed by atoms with Crippen LogP contribution in [0.25, 0.3) is 0 Å². The number of aromatic nitrogens is 1. The molecular weight excluding hydrogens is 283 g/mol. The maximum Gasteiger partial charge on any atom is 0.0885 e. The summed E-state index contributed by atoms with van der Waals surface area (Å²) in [6.45, 7) is 0.310. The fraction of sp³-hybridized carbons (Fsp3) is 0.214. The van der Waals surface area contributed by atoms with Gasteiger partial charge in [0.25, 0.3) is 0 Å². The fourth-order valence-electron chi connectivity index (χ4n) is 2.02. The van der Waals surface area contributed by atoms with Crippen molar-refractivity contribution in [3.8, 4) is 0 Å². The Morgan fingerprint density at radius 2 is 1.84 bits per heavy atom. The normalized spacial score (nSPS) is 14.1. The molecule has 1 heterocycles. The summed E-state index contributed by atoms with van der Waals surface area (Å²) in [7, 11) is 0. The van der Waals surface area contributed by atoms with Crippen molar-refractivity contribution in [3.05, 3.63) is 63.9 Å². The van der Waals surface area contributed by atoms with Crippen molar-refractivity contribution >= 4 is 23.2 Å². The number of benzene rings is 1. The third-order valence-corrected chi connectivity index (χ3v) is 3.61. The molecule has 0 saturated carbocycles. The maximum atomic E-state index is 10.5. The van der Waals surface area contributed by atoms with E-state index >= 15 is 0 Å². The molecule has 0 fully saturated rings. The van der Waals surface area contributed by atoms with Gasteiger partial charge in [0.1, 0.15) is 0 Å². The van der Waals surface area contributed by atoms with Gasteiger partial charge in [0.05, 0.1) is 6.10 Å². The molecule has 0 aliphatic carbocycles. The van der Waals surface area contributed by atoms with Crippen molar-refractivity contribution in [2.75, 3.05) is 6.54 Å². The average Bonchev–Trinajstić information content (AvgIpc) is 2.40. The first-order valence-corrected chi connectivity index (χ1v) is 6.62. The molecule has 0 amide bonds. The predicted octanol–water partition coefficient (Wildman–Crippen LogP) is 3.16. The molecule has 0 bridgehead atoms. The SMILES string of the molecule is NCC(c1ccncc1)C(O)c1ccc(Cl)cc1Cl. The number of aliphatic hydroxyl groups is 1. The van der Waals surface area contributed by atoms with E-state index < -0.39 is 6.10 Å². The van der Waals surface area contributed by atoms with E-state index in [4.69, 9.17) is 28.9 Å². The Kier molecular flexibility index (Phi) is 4.77. The number of nitrogens with zero attached hydrogens (tertiary/aromatic N) is 1. The van der Waals surface area contributed by atoms with Gasteiger partial charge in [-0.2, -0.15) is 0 Å². The summed E-state index contributed by atoms with van der Waals surface area (Å²) in [6.07, 6.45) is 2.57. The zero-order valence-electron chi connectivity index (χ0n) is 10.1. The molecule has 1 aromatic carbocycles. The number of hydrogen-bond acceptors (Lipinski definition) is 3. The highest BCUT2D eigenvalue weighted by Crippen LogP contribution is 2.34. The summed E-state index contributed by atoms with van der Waals surface area (Å²) in [6, 6.07) is 8.71. The van der Waals surface area contributed by atoms with E-state index in [0.717, 1.165) is 5.56 Å². The molecule has 0 radical (unpaired) electrons. The van der Waals surface area contributed by atoms with Gasteiger partial charge in [-0.3, -0.25) is 4.98 Å². The molecule has 0 saturated heterocycles. The predicted molar refractivity (Wildman–Crippen MR) is 77.5 cm³/mol. The van der Waals surface area contributed by atoms with Crippen LogP contribution in [0.4, 0.5) is 0 Å². The average molecular weight is 297 g/mol. The van der Waals surface area contributed by atoms with Crippen LogP contribution < -0.4 is 5.73 Å². The largest absolute Gasteiger partial charge is 0.388 e. The summed E-state index contributed by atoms with van der Waals surface area (Å²) in [5, 5.41) is 11.5. The molecule has 0 aliphatic heterocycles. The summed E-state index contributed by atoms with van der Waals surface area (Å²) in [5.41, 5.74) is 7.32. The quantitative estimate of drug-likeness (QED) is 0.911. The van der Waals surface area contributed by atoms with Gasteiger partial charge in [-0.25, -0.2) is 0 Å². The van der Waals surface area contributed by atoms with Crippen LogP contribution in [0.1, 0.15) is 23.1 Å². The molecule has 2 aromatic rings. The first-order chi connectivity index (χ1) is 9.13. The number of nitrogens with two attached hydrogens (primary N) is 1. The molecule has 2 unspecified atom stereocenters. The summed E-state index contributed by atoms with van der Waals surface area (Å²) < 4.78 is 0. The van der Waals surface area contributed by atoms with E-state index in [-0.39, 0.29) is 5.92 Å². The second-order valence-electron chi connectivity index (χ2n) is 4.23. The molecule has 2 rings (SSSR count). The minimum atomic E-state index is -0.780. The van der Waals surface area contributed by atoms with Gasteiger partial charge in [0, 0.05) is 34.9 Å². The Morgan fingerprint density at radius 1 is 1.16 bits per heavy atom. The van der Waals surface area contributed by atoms with E-state index in [2.05, 4.69) is 4.98 Å². The lowest BCUT2D eigenvalue weighted by Crippen LogP contribution is -2.20. The van der Waals surface area contributed by atoms with Gasteiger partial charge in [-0.05, 0) is 35.4 Å². The number of hydrogen-bond donors (Lipinski definition) is 2. The molecular formula is C14H14Cl2N2O. The molecule has 2 atom stereocenters. The van der Waals surface area contributed by atoms with Gasteiger partial charge in [0.15, 0.2) is 0 Å². The van der Waals surface area contributed by atoms with Gasteiger partial charge < -0.3 is 10.8 Å². The van der Waals surface area contributed by atoms with Gasteiger partial charge in [-0.1, -0.05) is 29.3 Å². The Hall–Kier alpha value is -1.13. The van der Waals surface area contributed by atoms with E-state index in [9.17, 15) is 5.11 Å². The molecule has 5 heteroatoms. The van der Waals surface area contributed by atoms with Crippen LogP contribution in [0.2, 0.25) is 10.0 Å². The maximum absolute atomic E-state index is 10.5. The zero-order chi connectivity index (χ0) is 13.8. The van der Waals surface area contributed by atoms with E-state index in [1.54, 1.807) is 30.6 Å². The first kappa shape index (κ1) is 14.3. The lowest BCUT2D eigenvalue weighted by Gasteiger charge is -2.23. The number of rotatable bonds is 4. The molecule has 3 nitrogen and oxygen atoms in total. The third kappa shape index (κ3) is 3.25. The van der Waals surface area contributed by atoms with Gasteiger partial charge in [-0.15, -0.1) is 0 Å². The molecule has 3 N–H and O–H groups in total. The Labute approximate surface area is 122 Å². The van der Waals surface area contributed by atoms with Crippen LogP contribution in [0.3, 0.4) is 0 Å². The fourth-order valence-corrected chi connectivity index (χ4v) is 2.54. The van der Waals surface area contributed by atoms with Crippen LogP contribution in [0, 0.1) is 0 Å². The Morgan fingerprint density at radius 3 is 2.42 bits per heavy atom. The smallest absolute Gasteiger partial charge is 0.0885 e. The highest BCUT2D eigenvalue weighted by Gasteiger charge is 2.23. The lowest BCUT2D eigenvalue weighted by atomic mass is 9.90. The van der Waals surface area contributed by atoms with E-state index in [0.29, 0.717) is 22.2 Å². The molecule has 0 aliphatic rings. The van der Waals surface area contributed by atoms with Crippen LogP contribution in [-0.2, 0) is 0 Å². The van der Waals surface area contributed by atoms with Crippen LogP contribution in [-0.4, -0.2) is 16.6 Å².